The van der Waals surface area contributed by atoms with Gasteiger partial charge in [-0.3, -0.25) is 14.5 Å². The van der Waals surface area contributed by atoms with Crippen LogP contribution in [0.1, 0.15) is 44.7 Å². The van der Waals surface area contributed by atoms with Crippen molar-refractivity contribution in [3.05, 3.63) is 29.8 Å². The molecule has 1 aromatic carbocycles. The summed E-state index contributed by atoms with van der Waals surface area (Å²) >= 11 is 0. The van der Waals surface area contributed by atoms with Crippen molar-refractivity contribution in [3.63, 3.8) is 0 Å². The number of carbonyl (C=O) groups is 2. The zero-order chi connectivity index (χ0) is 23.2. The molecule has 3 saturated heterocycles. The summed E-state index contributed by atoms with van der Waals surface area (Å²) in [5, 5.41) is 14.5. The van der Waals surface area contributed by atoms with Gasteiger partial charge in [-0.2, -0.15) is 5.26 Å². The molecule has 3 aliphatic rings. The molecule has 0 radical (unpaired) electrons. The number of rotatable bonds is 6. The summed E-state index contributed by atoms with van der Waals surface area (Å²) in [6.07, 6.45) is 2.27. The highest BCUT2D eigenvalue weighted by molar-refractivity contribution is 7.89. The number of nitrogens with zero attached hydrogens (tertiary/aromatic N) is 4. The zero-order valence-electron chi connectivity index (χ0n) is 18.3. The number of likely N-dealkylation sites (tertiary alicyclic amines) is 3. The number of fused-ring (bicyclic) bond motifs is 2. The molecule has 5 atom stereocenters. The molecule has 0 spiro atoms. The van der Waals surface area contributed by atoms with Gasteiger partial charge in [-0.25, -0.2) is 13.6 Å². The molecule has 172 valence electrons. The maximum absolute atomic E-state index is 13.2. The van der Waals surface area contributed by atoms with E-state index in [2.05, 4.69) is 11.0 Å². The van der Waals surface area contributed by atoms with Gasteiger partial charge in [0.1, 0.15) is 6.04 Å². The van der Waals surface area contributed by atoms with Crippen molar-refractivity contribution >= 4 is 21.8 Å². The zero-order valence-corrected chi connectivity index (χ0v) is 19.2. The smallest absolute Gasteiger partial charge is 0.240 e. The van der Waals surface area contributed by atoms with Gasteiger partial charge in [-0.1, -0.05) is 19.1 Å². The number of amides is 2. The predicted molar refractivity (Wildman–Crippen MR) is 116 cm³/mol. The molecule has 3 heterocycles. The van der Waals surface area contributed by atoms with Crippen LogP contribution in [0.3, 0.4) is 0 Å². The monoisotopic (exact) mass is 459 g/mol. The van der Waals surface area contributed by atoms with Gasteiger partial charge in [0.25, 0.3) is 0 Å². The van der Waals surface area contributed by atoms with Gasteiger partial charge in [-0.05, 0) is 43.9 Å². The van der Waals surface area contributed by atoms with Crippen molar-refractivity contribution in [1.82, 2.24) is 14.7 Å². The van der Waals surface area contributed by atoms with E-state index in [0.29, 0.717) is 26.1 Å². The second-order valence-corrected chi connectivity index (χ2v) is 10.7. The highest BCUT2D eigenvalue weighted by Gasteiger charge is 2.51. The molecule has 10 heteroatoms. The summed E-state index contributed by atoms with van der Waals surface area (Å²) in [5.41, 5.74) is 0.726. The first-order chi connectivity index (χ1) is 15.1. The van der Waals surface area contributed by atoms with Crippen LogP contribution in [-0.4, -0.2) is 72.7 Å². The second kappa shape index (κ2) is 8.46. The van der Waals surface area contributed by atoms with E-state index in [-0.39, 0.29) is 46.8 Å². The number of sulfonamides is 1. The van der Waals surface area contributed by atoms with E-state index in [0.717, 1.165) is 18.4 Å². The number of primary sulfonamides is 1. The average molecular weight is 460 g/mol. The lowest BCUT2D eigenvalue weighted by atomic mass is 10.0. The Labute approximate surface area is 188 Å². The maximum atomic E-state index is 13.2. The number of hydrogen-bond donors (Lipinski definition) is 1. The molecule has 1 aromatic rings. The summed E-state index contributed by atoms with van der Waals surface area (Å²) in [7, 11) is -3.82. The summed E-state index contributed by atoms with van der Waals surface area (Å²) in [6, 6.07) is 7.75. The van der Waals surface area contributed by atoms with E-state index >= 15 is 0 Å². The highest BCUT2D eigenvalue weighted by atomic mass is 32.2. The van der Waals surface area contributed by atoms with Crippen molar-refractivity contribution in [1.29, 1.82) is 5.26 Å². The third kappa shape index (κ3) is 4.00. The molecular weight excluding hydrogens is 430 g/mol. The fourth-order valence-electron chi connectivity index (χ4n) is 5.39. The molecule has 32 heavy (non-hydrogen) atoms. The van der Waals surface area contributed by atoms with E-state index < -0.39 is 10.0 Å². The van der Waals surface area contributed by atoms with Crippen molar-refractivity contribution in [3.8, 4) is 6.07 Å². The van der Waals surface area contributed by atoms with Gasteiger partial charge >= 0.3 is 0 Å². The highest BCUT2D eigenvalue weighted by Crippen LogP contribution is 2.38. The van der Waals surface area contributed by atoms with Crippen LogP contribution in [0.25, 0.3) is 0 Å². The van der Waals surface area contributed by atoms with Crippen LogP contribution in [0, 0.1) is 17.2 Å². The third-order valence-corrected chi connectivity index (χ3v) is 7.93. The molecule has 2 bridgehead atoms. The molecule has 3 fully saturated rings. The lowest BCUT2D eigenvalue weighted by molar-refractivity contribution is -0.142. The number of piperazine rings is 1. The van der Waals surface area contributed by atoms with Crippen LogP contribution < -0.4 is 5.14 Å². The van der Waals surface area contributed by atoms with E-state index in [9.17, 15) is 23.3 Å². The van der Waals surface area contributed by atoms with Crippen molar-refractivity contribution in [2.45, 2.75) is 62.2 Å². The van der Waals surface area contributed by atoms with Crippen LogP contribution in [-0.2, 0) is 19.6 Å². The summed E-state index contributed by atoms with van der Waals surface area (Å²) in [6.45, 7) is 5.55. The molecule has 0 unspecified atom stereocenters. The Balaban J connectivity index is 1.42. The minimum Gasteiger partial charge on any atom is -0.330 e. The Morgan fingerprint density at radius 1 is 1.34 bits per heavy atom. The van der Waals surface area contributed by atoms with Crippen LogP contribution in [0.5, 0.6) is 0 Å². The Bertz CT molecular complexity index is 1070. The van der Waals surface area contributed by atoms with E-state index in [4.69, 9.17) is 5.14 Å². The van der Waals surface area contributed by atoms with E-state index in [1.807, 2.05) is 18.7 Å². The molecule has 0 aliphatic carbocycles. The van der Waals surface area contributed by atoms with Gasteiger partial charge in [-0.15, -0.1) is 0 Å². The van der Waals surface area contributed by atoms with Crippen LogP contribution >= 0.6 is 0 Å². The van der Waals surface area contributed by atoms with Gasteiger partial charge in [0, 0.05) is 31.6 Å². The molecule has 0 saturated carbocycles. The van der Waals surface area contributed by atoms with Crippen molar-refractivity contribution < 1.29 is 18.0 Å². The van der Waals surface area contributed by atoms with Gasteiger partial charge in [0.2, 0.25) is 21.8 Å². The third-order valence-electron chi connectivity index (χ3n) is 7.02. The number of carbonyl (C=O) groups excluding carboxylic acids is 2. The fourth-order valence-corrected chi connectivity index (χ4v) is 5.96. The Hall–Kier alpha value is -2.48. The molecule has 3 aliphatic heterocycles. The van der Waals surface area contributed by atoms with Crippen LogP contribution in [0.15, 0.2) is 29.2 Å². The first-order valence-electron chi connectivity index (χ1n) is 11.0. The number of nitrogens with two attached hydrogens (primary N) is 1. The lowest BCUT2D eigenvalue weighted by Gasteiger charge is -2.38. The molecule has 2 N–H and O–H groups in total. The second-order valence-electron chi connectivity index (χ2n) is 9.12. The van der Waals surface area contributed by atoms with Crippen LogP contribution in [0.4, 0.5) is 0 Å². The minimum atomic E-state index is -3.82. The Morgan fingerprint density at radius 2 is 2.09 bits per heavy atom. The fraction of sp³-hybridized carbons (Fsp3) is 0.591. The average Bonchev–Trinajstić information content (AvgIpc) is 3.46. The Kier molecular flexibility index (Phi) is 6.00. The topological polar surface area (TPSA) is 128 Å². The molecular formula is C22H29N5O4S. The molecule has 2 amide bonds. The maximum Gasteiger partial charge on any atom is 0.240 e. The first-order valence-corrected chi connectivity index (χ1v) is 12.6. The molecule has 9 nitrogen and oxygen atoms in total. The normalized spacial score (nSPS) is 27.6. The number of benzene rings is 1. The lowest BCUT2D eigenvalue weighted by Crippen LogP contribution is -2.53. The summed E-state index contributed by atoms with van der Waals surface area (Å²) in [5.74, 6) is -0.298. The van der Waals surface area contributed by atoms with E-state index in [1.165, 1.54) is 12.1 Å². The summed E-state index contributed by atoms with van der Waals surface area (Å²) in [4.78, 5) is 31.7. The SMILES string of the molecule is C[C@@H](CN1C[C@@H]2C[C@H]1C(=O)N2[C@@H](C)c1cccc(S(N)(=O)=O)c1)C(=O)N1CCC[C@H]1C#N. The predicted octanol–water partition coefficient (Wildman–Crippen LogP) is 0.831. The number of nitriles is 1. The van der Waals surface area contributed by atoms with Crippen molar-refractivity contribution in [2.75, 3.05) is 19.6 Å². The van der Waals surface area contributed by atoms with Gasteiger partial charge in [0.15, 0.2) is 0 Å². The molecule has 4 rings (SSSR count). The minimum absolute atomic E-state index is 0.00508. The van der Waals surface area contributed by atoms with E-state index in [1.54, 1.807) is 17.0 Å². The molecule has 0 aromatic heterocycles. The van der Waals surface area contributed by atoms with Gasteiger partial charge < -0.3 is 9.80 Å². The summed E-state index contributed by atoms with van der Waals surface area (Å²) < 4.78 is 23.4. The standard InChI is InChI=1S/C22H29N5O4S/c1-14(21(28)26-8-4-6-17(26)11-23)12-25-13-18-10-20(25)22(29)27(18)15(2)16-5-3-7-19(9-16)32(24,30)31/h3,5,7,9,14-15,17-18,20H,4,6,8,10,12-13H2,1-2H3,(H2,24,30,31)/t14-,15-,17-,18-,20-/m0/s1. The number of hydrogen-bond acceptors (Lipinski definition) is 6. The van der Waals surface area contributed by atoms with Crippen LogP contribution in [0.2, 0.25) is 0 Å². The van der Waals surface area contributed by atoms with Gasteiger partial charge in [0.05, 0.1) is 23.0 Å². The van der Waals surface area contributed by atoms with Crippen molar-refractivity contribution in [2.24, 2.45) is 11.1 Å². The Morgan fingerprint density at radius 3 is 2.75 bits per heavy atom. The largest absolute Gasteiger partial charge is 0.330 e. The quantitative estimate of drug-likeness (QED) is 0.671. The first kappa shape index (κ1) is 22.7.